The summed E-state index contributed by atoms with van der Waals surface area (Å²) in [5.74, 6) is 2.05. The molecule has 2 nitrogen and oxygen atoms in total. The van der Waals surface area contributed by atoms with Crippen LogP contribution in [0.2, 0.25) is 0 Å². The van der Waals surface area contributed by atoms with E-state index in [0.717, 1.165) is 11.5 Å². The van der Waals surface area contributed by atoms with Gasteiger partial charge in [-0.15, -0.1) is 0 Å². The topological polar surface area (TPSA) is 16.4 Å². The van der Waals surface area contributed by atoms with Crippen molar-refractivity contribution in [2.45, 2.75) is 46.1 Å². The average molecular weight is 331 g/mol. The fourth-order valence-electron chi connectivity index (χ4n) is 4.12. The van der Waals surface area contributed by atoms with Crippen LogP contribution in [0.4, 0.5) is 11.4 Å². The van der Waals surface area contributed by atoms with E-state index in [1.165, 1.54) is 28.1 Å². The van der Waals surface area contributed by atoms with Gasteiger partial charge in [-0.1, -0.05) is 48.5 Å². The predicted octanol–water partition coefficient (Wildman–Crippen LogP) is 6.44. The monoisotopic (exact) mass is 331 g/mol. The van der Waals surface area contributed by atoms with Crippen LogP contribution in [0.5, 0.6) is 0 Å². The molecule has 25 heavy (non-hydrogen) atoms. The first-order valence-corrected chi connectivity index (χ1v) is 9.01. The molecule has 4 rings (SSSR count). The highest BCUT2D eigenvalue weighted by molar-refractivity contribution is 5.90. The molecular weight excluding hydrogens is 306 g/mol. The van der Waals surface area contributed by atoms with Gasteiger partial charge >= 0.3 is 0 Å². The van der Waals surface area contributed by atoms with Crippen LogP contribution in [0.3, 0.4) is 0 Å². The number of benzene rings is 2. The molecule has 0 unspecified atom stereocenters. The molecule has 2 heteroatoms. The van der Waals surface area contributed by atoms with E-state index in [4.69, 9.17) is 4.42 Å². The zero-order chi connectivity index (χ0) is 17.8. The van der Waals surface area contributed by atoms with Crippen LogP contribution in [0.15, 0.2) is 59.0 Å². The molecule has 0 aliphatic carbocycles. The van der Waals surface area contributed by atoms with Crippen molar-refractivity contribution in [1.29, 1.82) is 0 Å². The quantitative estimate of drug-likeness (QED) is 0.537. The molecule has 1 aromatic heterocycles. The highest BCUT2D eigenvalue weighted by atomic mass is 16.3. The molecule has 2 aromatic carbocycles. The molecule has 3 aromatic rings. The number of para-hydroxylation sites is 1. The highest BCUT2D eigenvalue weighted by Gasteiger charge is 2.42. The second-order valence-corrected chi connectivity index (χ2v) is 7.68. The Morgan fingerprint density at radius 3 is 2.24 bits per heavy atom. The average Bonchev–Trinajstić information content (AvgIpc) is 2.93. The number of hydrogen-bond donors (Lipinski definition) is 0. The van der Waals surface area contributed by atoms with Crippen LogP contribution in [0.25, 0.3) is 11.1 Å². The normalized spacial score (nSPS) is 15.2. The third-order valence-electron chi connectivity index (χ3n) is 5.28. The number of furan rings is 1. The molecule has 0 fully saturated rings. The van der Waals surface area contributed by atoms with Crippen molar-refractivity contribution in [3.05, 3.63) is 71.7 Å². The summed E-state index contributed by atoms with van der Waals surface area (Å²) in [7, 11) is 0. The number of nitrogens with zero attached hydrogens (tertiary/aromatic N) is 1. The first-order chi connectivity index (χ1) is 11.9. The third-order valence-corrected chi connectivity index (χ3v) is 5.28. The first-order valence-electron chi connectivity index (χ1n) is 9.01. The molecule has 2 heterocycles. The standard InChI is InChI=1S/C23H25NO/c1-15(2)24-19-14-10-9-13-18(19)23(4,5)22-21(24)20(16(3)25-22)17-11-7-6-8-12-17/h6-15H,1-5H3. The molecule has 0 saturated carbocycles. The molecule has 128 valence electrons. The highest BCUT2D eigenvalue weighted by Crippen LogP contribution is 2.54. The van der Waals surface area contributed by atoms with Crippen molar-refractivity contribution >= 4 is 11.4 Å². The van der Waals surface area contributed by atoms with Crippen LogP contribution >= 0.6 is 0 Å². The molecule has 0 atom stereocenters. The van der Waals surface area contributed by atoms with E-state index in [1.54, 1.807) is 0 Å². The zero-order valence-electron chi connectivity index (χ0n) is 15.6. The van der Waals surface area contributed by atoms with Crippen LogP contribution in [0.1, 0.15) is 44.8 Å². The molecule has 0 amide bonds. The summed E-state index contributed by atoms with van der Waals surface area (Å²) in [5, 5.41) is 0. The Morgan fingerprint density at radius 1 is 0.920 bits per heavy atom. The second-order valence-electron chi connectivity index (χ2n) is 7.68. The molecular formula is C23H25NO. The summed E-state index contributed by atoms with van der Waals surface area (Å²) >= 11 is 0. The lowest BCUT2D eigenvalue weighted by molar-refractivity contribution is 0.409. The number of hydrogen-bond acceptors (Lipinski definition) is 2. The van der Waals surface area contributed by atoms with Crippen molar-refractivity contribution in [1.82, 2.24) is 0 Å². The first kappa shape index (κ1) is 16.0. The van der Waals surface area contributed by atoms with E-state index in [1.807, 2.05) is 0 Å². The van der Waals surface area contributed by atoms with Gasteiger partial charge in [-0.3, -0.25) is 0 Å². The van der Waals surface area contributed by atoms with Gasteiger partial charge in [-0.25, -0.2) is 0 Å². The lowest BCUT2D eigenvalue weighted by Crippen LogP contribution is -2.36. The van der Waals surface area contributed by atoms with Gasteiger partial charge in [0.1, 0.15) is 11.5 Å². The molecule has 0 radical (unpaired) electrons. The maximum absolute atomic E-state index is 6.40. The number of rotatable bonds is 2. The number of fused-ring (bicyclic) bond motifs is 2. The van der Waals surface area contributed by atoms with E-state index in [0.29, 0.717) is 6.04 Å². The Morgan fingerprint density at radius 2 is 1.56 bits per heavy atom. The minimum Gasteiger partial charge on any atom is -0.463 e. The summed E-state index contributed by atoms with van der Waals surface area (Å²) in [6, 6.07) is 19.6. The lowest BCUT2D eigenvalue weighted by atomic mass is 9.76. The number of anilines is 2. The van der Waals surface area contributed by atoms with Crippen LogP contribution in [0, 0.1) is 6.92 Å². The van der Waals surface area contributed by atoms with E-state index >= 15 is 0 Å². The van der Waals surface area contributed by atoms with E-state index in [2.05, 4.69) is 94.1 Å². The summed E-state index contributed by atoms with van der Waals surface area (Å²) < 4.78 is 6.40. The van der Waals surface area contributed by atoms with E-state index < -0.39 is 0 Å². The van der Waals surface area contributed by atoms with Crippen LogP contribution < -0.4 is 4.90 Å². The Kier molecular flexibility index (Phi) is 3.54. The second kappa shape index (κ2) is 5.52. The van der Waals surface area contributed by atoms with Gasteiger partial charge in [0, 0.05) is 17.3 Å². The summed E-state index contributed by atoms with van der Waals surface area (Å²) in [4.78, 5) is 2.44. The van der Waals surface area contributed by atoms with Crippen molar-refractivity contribution in [2.75, 3.05) is 4.90 Å². The van der Waals surface area contributed by atoms with Gasteiger partial charge < -0.3 is 9.32 Å². The number of aryl methyl sites for hydroxylation is 1. The maximum atomic E-state index is 6.40. The Bertz CT molecular complexity index is 919. The Hall–Kier alpha value is -2.48. The summed E-state index contributed by atoms with van der Waals surface area (Å²) in [6.45, 7) is 11.1. The molecule has 0 saturated heterocycles. The molecule has 1 aliphatic heterocycles. The summed E-state index contributed by atoms with van der Waals surface area (Å²) in [5.41, 5.74) is 6.10. The maximum Gasteiger partial charge on any atom is 0.138 e. The Labute approximate surface area is 150 Å². The molecule has 0 N–H and O–H groups in total. The molecule has 1 aliphatic rings. The van der Waals surface area contributed by atoms with Crippen LogP contribution in [-0.2, 0) is 5.41 Å². The largest absolute Gasteiger partial charge is 0.463 e. The van der Waals surface area contributed by atoms with Gasteiger partial charge in [0.2, 0.25) is 0 Å². The van der Waals surface area contributed by atoms with Gasteiger partial charge in [-0.05, 0) is 51.8 Å². The van der Waals surface area contributed by atoms with Gasteiger partial charge in [0.15, 0.2) is 0 Å². The van der Waals surface area contributed by atoms with Crippen molar-refractivity contribution < 1.29 is 4.42 Å². The van der Waals surface area contributed by atoms with Crippen molar-refractivity contribution in [3.8, 4) is 11.1 Å². The van der Waals surface area contributed by atoms with Gasteiger partial charge in [0.05, 0.1) is 11.1 Å². The van der Waals surface area contributed by atoms with Crippen LogP contribution in [-0.4, -0.2) is 6.04 Å². The SMILES string of the molecule is Cc1oc2c(c1-c1ccccc1)N(C(C)C)c1ccccc1C2(C)C. The predicted molar refractivity (Wildman–Crippen MR) is 105 cm³/mol. The third kappa shape index (κ3) is 2.24. The zero-order valence-corrected chi connectivity index (χ0v) is 15.6. The van der Waals surface area contributed by atoms with E-state index in [9.17, 15) is 0 Å². The molecule has 0 bridgehead atoms. The van der Waals surface area contributed by atoms with Gasteiger partial charge in [-0.2, -0.15) is 0 Å². The minimum atomic E-state index is -0.158. The lowest BCUT2D eigenvalue weighted by Gasteiger charge is -2.41. The van der Waals surface area contributed by atoms with Crippen molar-refractivity contribution in [3.63, 3.8) is 0 Å². The fraction of sp³-hybridized carbons (Fsp3) is 0.304. The van der Waals surface area contributed by atoms with E-state index in [-0.39, 0.29) is 5.41 Å². The molecule has 0 spiro atoms. The van der Waals surface area contributed by atoms with Gasteiger partial charge in [0.25, 0.3) is 0 Å². The summed E-state index contributed by atoms with van der Waals surface area (Å²) in [6.07, 6.45) is 0. The Balaban J connectivity index is 2.07. The smallest absolute Gasteiger partial charge is 0.138 e. The van der Waals surface area contributed by atoms with Crippen molar-refractivity contribution in [2.24, 2.45) is 0 Å². The fourth-order valence-corrected chi connectivity index (χ4v) is 4.12. The minimum absolute atomic E-state index is 0.158.